The molecule has 0 aliphatic carbocycles. The first kappa shape index (κ1) is 20.8. The summed E-state index contributed by atoms with van der Waals surface area (Å²) in [6, 6.07) is 17.5. The first-order valence-electron chi connectivity index (χ1n) is 9.51. The molecule has 29 heavy (non-hydrogen) atoms. The molecule has 0 spiro atoms. The van der Waals surface area contributed by atoms with Crippen molar-refractivity contribution in [3.63, 3.8) is 0 Å². The van der Waals surface area contributed by atoms with Crippen LogP contribution in [0.2, 0.25) is 0 Å². The summed E-state index contributed by atoms with van der Waals surface area (Å²) in [5.74, 6) is 1.12. The standard InChI is InChI=1S/C22H24N4O2S/c1-16-10-12-18(13-11-16)20(28)15-29-22-25-24-21(9-6-14-23-17(2)27)26(22)19-7-4-3-5-8-19/h3-5,7-8,10-13H,6,9,14-15H2,1-2H3,(H,23,27). The van der Waals surface area contributed by atoms with Crippen molar-refractivity contribution in [1.29, 1.82) is 0 Å². The summed E-state index contributed by atoms with van der Waals surface area (Å²) in [7, 11) is 0. The molecule has 0 atom stereocenters. The van der Waals surface area contributed by atoms with Crippen LogP contribution in [0.25, 0.3) is 5.69 Å². The van der Waals surface area contributed by atoms with Crippen LogP contribution in [0, 0.1) is 6.92 Å². The second kappa shape index (κ2) is 10.0. The Morgan fingerprint density at radius 2 is 1.76 bits per heavy atom. The first-order chi connectivity index (χ1) is 14.0. The number of Topliss-reactive ketones (excluding diaryl/α,β-unsaturated/α-hetero) is 1. The SMILES string of the molecule is CC(=O)NCCCc1nnc(SCC(=O)c2ccc(C)cc2)n1-c1ccccc1. The predicted molar refractivity (Wildman–Crippen MR) is 115 cm³/mol. The minimum Gasteiger partial charge on any atom is -0.356 e. The van der Waals surface area contributed by atoms with Gasteiger partial charge in [0.25, 0.3) is 0 Å². The summed E-state index contributed by atoms with van der Waals surface area (Å²) in [6.45, 7) is 4.09. The van der Waals surface area contributed by atoms with Crippen LogP contribution >= 0.6 is 11.8 Å². The molecule has 1 aromatic heterocycles. The van der Waals surface area contributed by atoms with Gasteiger partial charge in [0, 0.05) is 31.1 Å². The molecule has 0 unspecified atom stereocenters. The third kappa shape index (κ3) is 5.77. The van der Waals surface area contributed by atoms with E-state index in [1.807, 2.05) is 66.1 Å². The van der Waals surface area contributed by atoms with Crippen molar-refractivity contribution in [3.8, 4) is 5.69 Å². The normalized spacial score (nSPS) is 10.7. The number of nitrogens with zero attached hydrogens (tertiary/aromatic N) is 3. The number of carbonyl (C=O) groups is 2. The van der Waals surface area contributed by atoms with Crippen molar-refractivity contribution < 1.29 is 9.59 Å². The minimum atomic E-state index is -0.0413. The Morgan fingerprint density at radius 1 is 1.03 bits per heavy atom. The number of para-hydroxylation sites is 1. The van der Waals surface area contributed by atoms with E-state index in [1.54, 1.807) is 0 Å². The maximum absolute atomic E-state index is 12.5. The van der Waals surface area contributed by atoms with Crippen LogP contribution in [0.5, 0.6) is 0 Å². The number of hydrogen-bond donors (Lipinski definition) is 1. The molecular formula is C22H24N4O2S. The molecule has 0 aliphatic heterocycles. The lowest BCUT2D eigenvalue weighted by Gasteiger charge is -2.10. The van der Waals surface area contributed by atoms with Gasteiger partial charge in [-0.3, -0.25) is 14.2 Å². The highest BCUT2D eigenvalue weighted by Gasteiger charge is 2.16. The number of aromatic nitrogens is 3. The Morgan fingerprint density at radius 3 is 2.45 bits per heavy atom. The number of thioether (sulfide) groups is 1. The highest BCUT2D eigenvalue weighted by molar-refractivity contribution is 7.99. The van der Waals surface area contributed by atoms with E-state index >= 15 is 0 Å². The molecule has 0 saturated heterocycles. The molecule has 1 amide bonds. The molecule has 6 nitrogen and oxygen atoms in total. The molecule has 1 N–H and O–H groups in total. The highest BCUT2D eigenvalue weighted by atomic mass is 32.2. The second-order valence-electron chi connectivity index (χ2n) is 6.73. The van der Waals surface area contributed by atoms with E-state index in [0.717, 1.165) is 23.5 Å². The van der Waals surface area contributed by atoms with Crippen LogP contribution in [0.4, 0.5) is 0 Å². The zero-order valence-electron chi connectivity index (χ0n) is 16.6. The number of benzene rings is 2. The van der Waals surface area contributed by atoms with Crippen LogP contribution < -0.4 is 5.32 Å². The molecule has 0 aliphatic rings. The summed E-state index contributed by atoms with van der Waals surface area (Å²) in [4.78, 5) is 23.6. The molecule has 3 aromatic rings. The molecule has 0 radical (unpaired) electrons. The lowest BCUT2D eigenvalue weighted by Crippen LogP contribution is -2.21. The zero-order valence-corrected chi connectivity index (χ0v) is 17.4. The maximum Gasteiger partial charge on any atom is 0.216 e. The number of aryl methyl sites for hydroxylation is 2. The molecule has 0 saturated carbocycles. The Kier molecular flexibility index (Phi) is 7.19. The van der Waals surface area contributed by atoms with Gasteiger partial charge in [-0.2, -0.15) is 0 Å². The van der Waals surface area contributed by atoms with Gasteiger partial charge < -0.3 is 5.32 Å². The third-order valence-corrected chi connectivity index (χ3v) is 5.30. The van der Waals surface area contributed by atoms with Gasteiger partial charge in [-0.25, -0.2) is 0 Å². The van der Waals surface area contributed by atoms with Gasteiger partial charge in [0.15, 0.2) is 10.9 Å². The first-order valence-corrected chi connectivity index (χ1v) is 10.5. The quantitative estimate of drug-likeness (QED) is 0.332. The number of amides is 1. The van der Waals surface area contributed by atoms with Crippen molar-refractivity contribution in [1.82, 2.24) is 20.1 Å². The third-order valence-electron chi connectivity index (χ3n) is 4.37. The average molecular weight is 409 g/mol. The largest absolute Gasteiger partial charge is 0.356 e. The van der Waals surface area contributed by atoms with Crippen LogP contribution in [-0.2, 0) is 11.2 Å². The summed E-state index contributed by atoms with van der Waals surface area (Å²) in [6.07, 6.45) is 1.44. The summed E-state index contributed by atoms with van der Waals surface area (Å²) >= 11 is 1.38. The van der Waals surface area contributed by atoms with Gasteiger partial charge >= 0.3 is 0 Å². The minimum absolute atomic E-state index is 0.0413. The lowest BCUT2D eigenvalue weighted by atomic mass is 10.1. The predicted octanol–water partition coefficient (Wildman–Crippen LogP) is 3.62. The number of carbonyl (C=O) groups excluding carboxylic acids is 2. The van der Waals surface area contributed by atoms with E-state index in [-0.39, 0.29) is 11.7 Å². The van der Waals surface area contributed by atoms with Gasteiger partial charge in [-0.15, -0.1) is 10.2 Å². The maximum atomic E-state index is 12.5. The summed E-state index contributed by atoms with van der Waals surface area (Å²) in [5, 5.41) is 12.1. The monoisotopic (exact) mass is 408 g/mol. The molecule has 0 bridgehead atoms. The van der Waals surface area contributed by atoms with E-state index in [1.165, 1.54) is 18.7 Å². The van der Waals surface area contributed by atoms with Crippen LogP contribution in [0.15, 0.2) is 59.8 Å². The van der Waals surface area contributed by atoms with Crippen LogP contribution in [-0.4, -0.2) is 38.8 Å². The van der Waals surface area contributed by atoms with Gasteiger partial charge in [0.1, 0.15) is 5.82 Å². The zero-order chi connectivity index (χ0) is 20.6. The summed E-state index contributed by atoms with van der Waals surface area (Å²) in [5.41, 5.74) is 2.78. The van der Waals surface area contributed by atoms with E-state index in [2.05, 4.69) is 15.5 Å². The number of ketones is 1. The Labute approximate surface area is 174 Å². The van der Waals surface area contributed by atoms with Crippen molar-refractivity contribution in [2.45, 2.75) is 31.8 Å². The number of nitrogens with one attached hydrogen (secondary N) is 1. The molecule has 150 valence electrons. The topological polar surface area (TPSA) is 76.9 Å². The Bertz CT molecular complexity index is 968. The molecule has 3 rings (SSSR count). The molecule has 0 fully saturated rings. The second-order valence-corrected chi connectivity index (χ2v) is 7.68. The lowest BCUT2D eigenvalue weighted by molar-refractivity contribution is -0.118. The fourth-order valence-corrected chi connectivity index (χ4v) is 3.72. The van der Waals surface area contributed by atoms with Crippen molar-refractivity contribution in [3.05, 3.63) is 71.5 Å². The van der Waals surface area contributed by atoms with Crippen molar-refractivity contribution in [2.75, 3.05) is 12.3 Å². The van der Waals surface area contributed by atoms with Crippen molar-refractivity contribution in [2.24, 2.45) is 0 Å². The molecule has 1 heterocycles. The van der Waals surface area contributed by atoms with Crippen molar-refractivity contribution >= 4 is 23.5 Å². The van der Waals surface area contributed by atoms with Gasteiger partial charge in [0.05, 0.1) is 5.75 Å². The van der Waals surface area contributed by atoms with E-state index in [0.29, 0.717) is 29.4 Å². The van der Waals surface area contributed by atoms with Gasteiger partial charge in [-0.1, -0.05) is 59.8 Å². The van der Waals surface area contributed by atoms with E-state index in [9.17, 15) is 9.59 Å². The fraction of sp³-hybridized carbons (Fsp3) is 0.273. The molecule has 2 aromatic carbocycles. The van der Waals surface area contributed by atoms with E-state index < -0.39 is 0 Å². The Balaban J connectivity index is 1.74. The Hall–Kier alpha value is -2.93. The van der Waals surface area contributed by atoms with Crippen LogP contribution in [0.3, 0.4) is 0 Å². The van der Waals surface area contributed by atoms with Gasteiger partial charge in [0.2, 0.25) is 5.91 Å². The molecule has 7 heteroatoms. The summed E-state index contributed by atoms with van der Waals surface area (Å²) < 4.78 is 1.99. The number of rotatable bonds is 9. The van der Waals surface area contributed by atoms with Gasteiger partial charge in [-0.05, 0) is 25.5 Å². The fourth-order valence-electron chi connectivity index (χ4n) is 2.86. The smallest absolute Gasteiger partial charge is 0.216 e. The van der Waals surface area contributed by atoms with E-state index in [4.69, 9.17) is 0 Å². The highest BCUT2D eigenvalue weighted by Crippen LogP contribution is 2.23. The van der Waals surface area contributed by atoms with Crippen LogP contribution in [0.1, 0.15) is 35.1 Å². The number of hydrogen-bond acceptors (Lipinski definition) is 5. The molecular weight excluding hydrogens is 384 g/mol. The average Bonchev–Trinajstić information content (AvgIpc) is 3.13.